The van der Waals surface area contributed by atoms with E-state index >= 15 is 0 Å². The van der Waals surface area contributed by atoms with Crippen molar-refractivity contribution in [2.75, 3.05) is 37.8 Å². The number of halogens is 3. The van der Waals surface area contributed by atoms with E-state index in [9.17, 15) is 22.0 Å². The molecule has 0 aliphatic heterocycles. The molecule has 0 spiro atoms. The molecule has 3 rings (SSSR count). The summed E-state index contributed by atoms with van der Waals surface area (Å²) < 4.78 is 53.1. The molecule has 0 atom stereocenters. The number of hydrogen-bond acceptors (Lipinski definition) is 6. The number of nitrogens with zero attached hydrogens (tertiary/aromatic N) is 3. The van der Waals surface area contributed by atoms with E-state index in [0.717, 1.165) is 17.4 Å². The van der Waals surface area contributed by atoms with Crippen molar-refractivity contribution in [3.05, 3.63) is 53.1 Å². The number of amides is 1. The maximum absolute atomic E-state index is 14.0. The molecule has 6 nitrogen and oxygen atoms in total. The molecule has 160 valence electrons. The molecule has 0 radical (unpaired) electrons. The number of carbonyl (C=O) groups is 1. The Kier molecular flexibility index (Phi) is 6.71. The Morgan fingerprint density at radius 2 is 1.80 bits per heavy atom. The number of aromatic nitrogens is 1. The van der Waals surface area contributed by atoms with Crippen molar-refractivity contribution < 1.29 is 22.0 Å². The van der Waals surface area contributed by atoms with E-state index in [1.165, 1.54) is 29.2 Å². The number of rotatable bonds is 7. The lowest BCUT2D eigenvalue weighted by Crippen LogP contribution is -2.40. The molecule has 0 fully saturated rings. The second-order valence-corrected chi connectivity index (χ2v) is 10.2. The van der Waals surface area contributed by atoms with Gasteiger partial charge in [-0.1, -0.05) is 22.9 Å². The van der Waals surface area contributed by atoms with Gasteiger partial charge < -0.3 is 4.90 Å². The van der Waals surface area contributed by atoms with Crippen LogP contribution in [-0.4, -0.2) is 57.1 Å². The van der Waals surface area contributed by atoms with E-state index in [1.54, 1.807) is 14.1 Å². The van der Waals surface area contributed by atoms with Crippen LogP contribution in [0.3, 0.4) is 0 Å². The molecule has 0 aliphatic rings. The summed E-state index contributed by atoms with van der Waals surface area (Å²) in [7, 11) is -0.349. The highest BCUT2D eigenvalue weighted by molar-refractivity contribution is 7.92. The first kappa shape index (κ1) is 22.5. The van der Waals surface area contributed by atoms with Crippen LogP contribution in [0.5, 0.6) is 0 Å². The third-order valence-electron chi connectivity index (χ3n) is 4.19. The van der Waals surface area contributed by atoms with Gasteiger partial charge in [-0.05, 0) is 44.4 Å². The molecule has 1 aromatic heterocycles. The van der Waals surface area contributed by atoms with E-state index in [1.807, 2.05) is 4.90 Å². The summed E-state index contributed by atoms with van der Waals surface area (Å²) in [5, 5.41) is 0.476. The van der Waals surface area contributed by atoms with Crippen molar-refractivity contribution in [3.8, 4) is 0 Å². The minimum atomic E-state index is -3.93. The number of likely N-dealkylation sites (N-methyl/N-ethyl adjacent to an activating group) is 1. The van der Waals surface area contributed by atoms with Crippen molar-refractivity contribution >= 4 is 54.0 Å². The minimum Gasteiger partial charge on any atom is -0.308 e. The Morgan fingerprint density at radius 1 is 1.13 bits per heavy atom. The Balaban J connectivity index is 1.94. The fourth-order valence-electron chi connectivity index (χ4n) is 2.65. The summed E-state index contributed by atoms with van der Waals surface area (Å²) >= 11 is 6.71. The van der Waals surface area contributed by atoms with Crippen molar-refractivity contribution in [2.45, 2.75) is 4.90 Å². The van der Waals surface area contributed by atoms with Crippen LogP contribution in [0.4, 0.5) is 13.9 Å². The number of fused-ring (bicyclic) bond motifs is 1. The highest BCUT2D eigenvalue weighted by Crippen LogP contribution is 2.31. The van der Waals surface area contributed by atoms with Crippen molar-refractivity contribution in [1.82, 2.24) is 9.88 Å². The predicted molar refractivity (Wildman–Crippen MR) is 114 cm³/mol. The van der Waals surface area contributed by atoms with E-state index in [-0.39, 0.29) is 26.8 Å². The van der Waals surface area contributed by atoms with Gasteiger partial charge >= 0.3 is 0 Å². The molecule has 0 saturated carbocycles. The van der Waals surface area contributed by atoms with Crippen LogP contribution in [0.1, 0.15) is 0 Å². The summed E-state index contributed by atoms with van der Waals surface area (Å²) in [4.78, 5) is 20.0. The fraction of sp³-hybridized carbons (Fsp3) is 0.263. The Hall–Kier alpha value is -2.14. The van der Waals surface area contributed by atoms with E-state index in [0.29, 0.717) is 17.6 Å². The Morgan fingerprint density at radius 3 is 2.43 bits per heavy atom. The molecule has 0 N–H and O–H groups in total. The number of anilines is 1. The van der Waals surface area contributed by atoms with E-state index in [2.05, 4.69) is 4.98 Å². The third kappa shape index (κ3) is 5.12. The lowest BCUT2D eigenvalue weighted by Gasteiger charge is -2.22. The molecule has 3 aromatic rings. The van der Waals surface area contributed by atoms with E-state index in [4.69, 9.17) is 11.6 Å². The number of hydrogen-bond donors (Lipinski definition) is 0. The first-order valence-corrected chi connectivity index (χ1v) is 11.6. The zero-order valence-corrected chi connectivity index (χ0v) is 18.5. The topological polar surface area (TPSA) is 70.6 Å². The molecule has 2 aromatic carbocycles. The van der Waals surface area contributed by atoms with Crippen LogP contribution in [0, 0.1) is 11.6 Å². The van der Waals surface area contributed by atoms with Gasteiger partial charge in [-0.25, -0.2) is 22.2 Å². The average molecular weight is 474 g/mol. The van der Waals surface area contributed by atoms with E-state index < -0.39 is 33.1 Å². The molecule has 30 heavy (non-hydrogen) atoms. The molecule has 0 saturated heterocycles. The SMILES string of the molecule is CN(C)CCN(C(=O)CS(=O)(=O)c1ccc(Cl)cc1)c1nc2c(F)cc(F)cc2s1. The smallest absolute Gasteiger partial charge is 0.244 e. The zero-order valence-electron chi connectivity index (χ0n) is 16.1. The summed E-state index contributed by atoms with van der Waals surface area (Å²) in [6.07, 6.45) is 0. The van der Waals surface area contributed by atoms with Gasteiger partial charge in [-0.3, -0.25) is 9.69 Å². The molecule has 11 heteroatoms. The maximum Gasteiger partial charge on any atom is 0.244 e. The van der Waals surface area contributed by atoms with Gasteiger partial charge in [0.25, 0.3) is 0 Å². The molecule has 0 bridgehead atoms. The van der Waals surface area contributed by atoms with Gasteiger partial charge in [-0.15, -0.1) is 0 Å². The predicted octanol–water partition coefficient (Wildman–Crippen LogP) is 3.60. The van der Waals surface area contributed by atoms with Crippen LogP contribution < -0.4 is 4.90 Å². The summed E-state index contributed by atoms with van der Waals surface area (Å²) in [5.41, 5.74) is -0.0698. The largest absolute Gasteiger partial charge is 0.308 e. The minimum absolute atomic E-state index is 0.0368. The molecule has 1 heterocycles. The second kappa shape index (κ2) is 8.93. The van der Waals surface area contributed by atoms with Gasteiger partial charge in [0, 0.05) is 24.2 Å². The van der Waals surface area contributed by atoms with Gasteiger partial charge in [0.2, 0.25) is 5.91 Å². The molecule has 1 amide bonds. The number of thiazole rings is 1. The van der Waals surface area contributed by atoms with Crippen molar-refractivity contribution in [3.63, 3.8) is 0 Å². The molecule has 0 unspecified atom stereocenters. The van der Waals surface area contributed by atoms with Gasteiger partial charge in [-0.2, -0.15) is 0 Å². The van der Waals surface area contributed by atoms with Gasteiger partial charge in [0.15, 0.2) is 20.8 Å². The zero-order chi connectivity index (χ0) is 22.1. The summed E-state index contributed by atoms with van der Waals surface area (Å²) in [5.74, 6) is -3.12. The van der Waals surface area contributed by atoms with Crippen LogP contribution >= 0.6 is 22.9 Å². The molecular weight excluding hydrogens is 456 g/mol. The van der Waals surface area contributed by atoms with Gasteiger partial charge in [0.05, 0.1) is 9.60 Å². The first-order valence-electron chi connectivity index (χ1n) is 8.76. The van der Waals surface area contributed by atoms with Crippen molar-refractivity contribution in [2.24, 2.45) is 0 Å². The first-order chi connectivity index (χ1) is 14.1. The summed E-state index contributed by atoms with van der Waals surface area (Å²) in [6, 6.07) is 7.33. The number of sulfone groups is 1. The Bertz CT molecular complexity index is 1180. The maximum atomic E-state index is 14.0. The van der Waals surface area contributed by atoms with Crippen LogP contribution in [0.15, 0.2) is 41.3 Å². The normalized spacial score (nSPS) is 11.9. The number of carbonyl (C=O) groups excluding carboxylic acids is 1. The van der Waals surface area contributed by atoms with Crippen molar-refractivity contribution in [1.29, 1.82) is 0 Å². The number of benzene rings is 2. The highest BCUT2D eigenvalue weighted by Gasteiger charge is 2.27. The third-order valence-corrected chi connectivity index (χ3v) is 7.09. The fourth-order valence-corrected chi connectivity index (χ4v) is 5.03. The quantitative estimate of drug-likeness (QED) is 0.524. The molecular formula is C19H18ClF2N3O3S2. The van der Waals surface area contributed by atoms with Gasteiger partial charge in [0.1, 0.15) is 17.1 Å². The molecule has 0 aliphatic carbocycles. The monoisotopic (exact) mass is 473 g/mol. The lowest BCUT2D eigenvalue weighted by molar-refractivity contribution is -0.116. The van der Waals surface area contributed by atoms with Crippen LogP contribution in [0.25, 0.3) is 10.2 Å². The standard InChI is InChI=1S/C19H18ClF2N3O3S2/c1-24(2)7-8-25(19-23-18-15(22)9-13(21)10-16(18)29-19)17(26)11-30(27,28)14-5-3-12(20)4-6-14/h3-6,9-10H,7-8,11H2,1-2H3. The average Bonchev–Trinajstić information content (AvgIpc) is 3.05. The lowest BCUT2D eigenvalue weighted by atomic mass is 10.3. The highest BCUT2D eigenvalue weighted by atomic mass is 35.5. The second-order valence-electron chi connectivity index (χ2n) is 6.79. The Labute approximate surface area is 181 Å². The van der Waals surface area contributed by atoms with Crippen LogP contribution in [-0.2, 0) is 14.6 Å². The van der Waals surface area contributed by atoms with Crippen LogP contribution in [0.2, 0.25) is 5.02 Å². The summed E-state index contributed by atoms with van der Waals surface area (Å²) in [6.45, 7) is 0.547.